The zero-order valence-corrected chi connectivity index (χ0v) is 6.48. The molecule has 0 aromatic heterocycles. The second kappa shape index (κ2) is 2.45. The first kappa shape index (κ1) is 9.22. The maximum atomic E-state index is 10.2. The fraction of sp³-hybridized carbons (Fsp3) is 1.00. The van der Waals surface area contributed by atoms with Crippen molar-refractivity contribution >= 4 is 22.7 Å². The van der Waals surface area contributed by atoms with Crippen molar-refractivity contribution < 1.29 is 18.1 Å². The van der Waals surface area contributed by atoms with E-state index in [1.54, 1.807) is 0 Å². The van der Waals surface area contributed by atoms with Gasteiger partial charge in [-0.1, -0.05) is 0 Å². The van der Waals surface area contributed by atoms with Crippen LogP contribution in [0.3, 0.4) is 0 Å². The summed E-state index contributed by atoms with van der Waals surface area (Å²) in [4.78, 5) is 0. The van der Waals surface area contributed by atoms with Gasteiger partial charge in [0.25, 0.3) is 10.1 Å². The van der Waals surface area contributed by atoms with Crippen molar-refractivity contribution in [2.75, 3.05) is 6.61 Å². The standard InChI is InChI=1S/C3H8O4S2/c1-3(8,2-4)9(5,6)7/h4,8H,2H2,1H3,(H,5,6,7). The SMILES string of the molecule is CC(S)(CO)S(=O)(=O)O. The van der Waals surface area contributed by atoms with Crippen LogP contribution in [0.15, 0.2) is 0 Å². The van der Waals surface area contributed by atoms with Gasteiger partial charge < -0.3 is 5.11 Å². The zero-order chi connectivity index (χ0) is 7.71. The van der Waals surface area contributed by atoms with Crippen LogP contribution in [0.1, 0.15) is 6.92 Å². The maximum Gasteiger partial charge on any atom is 0.281 e. The molecule has 0 saturated carbocycles. The van der Waals surface area contributed by atoms with Gasteiger partial charge in [0.2, 0.25) is 0 Å². The van der Waals surface area contributed by atoms with Gasteiger partial charge in [0.15, 0.2) is 4.08 Å². The third kappa shape index (κ3) is 2.13. The molecule has 0 aliphatic carbocycles. The van der Waals surface area contributed by atoms with E-state index in [4.69, 9.17) is 9.66 Å². The van der Waals surface area contributed by atoms with E-state index in [0.29, 0.717) is 0 Å². The molecule has 0 fully saturated rings. The number of aliphatic hydroxyl groups excluding tert-OH is 1. The lowest BCUT2D eigenvalue weighted by Crippen LogP contribution is -2.32. The van der Waals surface area contributed by atoms with Crippen molar-refractivity contribution in [3.63, 3.8) is 0 Å². The molecule has 0 aromatic carbocycles. The van der Waals surface area contributed by atoms with Gasteiger partial charge in [-0.15, -0.1) is 0 Å². The number of hydrogen-bond acceptors (Lipinski definition) is 4. The van der Waals surface area contributed by atoms with Gasteiger partial charge in [-0.05, 0) is 6.92 Å². The summed E-state index contributed by atoms with van der Waals surface area (Å²) in [6.45, 7) is 0.389. The summed E-state index contributed by atoms with van der Waals surface area (Å²) in [6.07, 6.45) is 0. The Morgan fingerprint density at radius 3 is 2.00 bits per heavy atom. The molecule has 0 aliphatic heterocycles. The van der Waals surface area contributed by atoms with Gasteiger partial charge in [-0.25, -0.2) is 0 Å². The van der Waals surface area contributed by atoms with Crippen LogP contribution in [0, 0.1) is 0 Å². The molecule has 0 amide bonds. The van der Waals surface area contributed by atoms with Crippen LogP contribution in [-0.4, -0.2) is 28.8 Å². The van der Waals surface area contributed by atoms with Crippen LogP contribution in [0.4, 0.5) is 0 Å². The molecule has 4 nitrogen and oxygen atoms in total. The highest BCUT2D eigenvalue weighted by molar-refractivity contribution is 8.03. The van der Waals surface area contributed by atoms with E-state index in [1.165, 1.54) is 0 Å². The molecule has 9 heavy (non-hydrogen) atoms. The summed E-state index contributed by atoms with van der Waals surface area (Å²) in [6, 6.07) is 0. The van der Waals surface area contributed by atoms with Crippen molar-refractivity contribution in [2.45, 2.75) is 11.0 Å². The second-order valence-corrected chi connectivity index (χ2v) is 4.95. The largest absolute Gasteiger partial charge is 0.394 e. The first-order chi connectivity index (χ1) is 3.81. The molecule has 56 valence electrons. The zero-order valence-electron chi connectivity index (χ0n) is 4.77. The number of thiol groups is 1. The Morgan fingerprint density at radius 2 is 2.00 bits per heavy atom. The normalized spacial score (nSPS) is 19.1. The highest BCUT2D eigenvalue weighted by atomic mass is 32.3. The Bertz CT molecular complexity index is 180. The van der Waals surface area contributed by atoms with Gasteiger partial charge in [-0.2, -0.15) is 21.0 Å². The summed E-state index contributed by atoms with van der Waals surface area (Å²) >= 11 is 3.48. The monoisotopic (exact) mass is 172 g/mol. The molecule has 0 saturated heterocycles. The Labute approximate surface area is 59.0 Å². The molecule has 6 heteroatoms. The van der Waals surface area contributed by atoms with E-state index < -0.39 is 20.8 Å². The third-order valence-electron chi connectivity index (χ3n) is 0.849. The summed E-state index contributed by atoms with van der Waals surface area (Å²) in [5, 5.41) is 8.31. The second-order valence-electron chi connectivity index (χ2n) is 1.81. The average molecular weight is 172 g/mol. The lowest BCUT2D eigenvalue weighted by atomic mass is 10.5. The highest BCUT2D eigenvalue weighted by Crippen LogP contribution is 2.18. The fourth-order valence-corrected chi connectivity index (χ4v) is 0.245. The molecule has 0 radical (unpaired) electrons. The number of hydrogen-bond donors (Lipinski definition) is 3. The van der Waals surface area contributed by atoms with E-state index in [0.717, 1.165) is 6.92 Å². The fourth-order valence-electron chi connectivity index (χ4n) is 0.0816. The van der Waals surface area contributed by atoms with E-state index >= 15 is 0 Å². The van der Waals surface area contributed by atoms with Crippen LogP contribution in [0.5, 0.6) is 0 Å². The van der Waals surface area contributed by atoms with Gasteiger partial charge in [0, 0.05) is 0 Å². The summed E-state index contributed by atoms with van der Waals surface area (Å²) in [5.41, 5.74) is 0. The lowest BCUT2D eigenvalue weighted by Gasteiger charge is -2.15. The smallest absolute Gasteiger partial charge is 0.281 e. The van der Waals surface area contributed by atoms with Gasteiger partial charge in [0.1, 0.15) is 0 Å². The van der Waals surface area contributed by atoms with E-state index in [2.05, 4.69) is 12.6 Å². The van der Waals surface area contributed by atoms with Crippen molar-refractivity contribution in [3.8, 4) is 0 Å². The van der Waals surface area contributed by atoms with Crippen LogP contribution in [0.25, 0.3) is 0 Å². The molecule has 0 rings (SSSR count). The van der Waals surface area contributed by atoms with E-state index in [-0.39, 0.29) is 0 Å². The third-order valence-corrected chi connectivity index (χ3v) is 2.92. The Kier molecular flexibility index (Phi) is 2.51. The summed E-state index contributed by atoms with van der Waals surface area (Å²) in [5.74, 6) is 0. The molecular formula is C3H8O4S2. The molecule has 0 aliphatic rings. The van der Waals surface area contributed by atoms with Crippen molar-refractivity contribution in [1.82, 2.24) is 0 Å². The Morgan fingerprint density at radius 1 is 1.67 bits per heavy atom. The van der Waals surface area contributed by atoms with Crippen molar-refractivity contribution in [2.24, 2.45) is 0 Å². The number of aliphatic hydroxyl groups is 1. The predicted octanol–water partition coefficient (Wildman–Crippen LogP) is -0.488. The minimum absolute atomic E-state index is 0.713. The summed E-state index contributed by atoms with van der Waals surface area (Å²) < 4.78 is 26.9. The minimum atomic E-state index is -4.24. The molecular weight excluding hydrogens is 164 g/mol. The quantitative estimate of drug-likeness (QED) is 0.388. The highest BCUT2D eigenvalue weighted by Gasteiger charge is 2.32. The van der Waals surface area contributed by atoms with Gasteiger partial charge >= 0.3 is 0 Å². The summed E-state index contributed by atoms with van der Waals surface area (Å²) in [7, 11) is -4.24. The molecule has 2 N–H and O–H groups in total. The lowest BCUT2D eigenvalue weighted by molar-refractivity contribution is 0.279. The van der Waals surface area contributed by atoms with Crippen LogP contribution in [-0.2, 0) is 10.1 Å². The van der Waals surface area contributed by atoms with Gasteiger partial charge in [-0.3, -0.25) is 4.55 Å². The first-order valence-corrected chi connectivity index (χ1v) is 4.00. The van der Waals surface area contributed by atoms with Crippen molar-refractivity contribution in [1.29, 1.82) is 0 Å². The van der Waals surface area contributed by atoms with E-state index in [9.17, 15) is 8.42 Å². The van der Waals surface area contributed by atoms with Gasteiger partial charge in [0.05, 0.1) is 6.61 Å². The maximum absolute atomic E-state index is 10.2. The molecule has 0 heterocycles. The van der Waals surface area contributed by atoms with Crippen LogP contribution < -0.4 is 0 Å². The van der Waals surface area contributed by atoms with Crippen LogP contribution in [0.2, 0.25) is 0 Å². The molecule has 0 bridgehead atoms. The minimum Gasteiger partial charge on any atom is -0.394 e. The molecule has 1 atom stereocenters. The van der Waals surface area contributed by atoms with Crippen LogP contribution >= 0.6 is 12.6 Å². The topological polar surface area (TPSA) is 74.6 Å². The predicted molar refractivity (Wildman–Crippen MR) is 36.0 cm³/mol. The Balaban J connectivity index is 4.56. The van der Waals surface area contributed by atoms with E-state index in [1.807, 2.05) is 0 Å². The number of rotatable bonds is 2. The van der Waals surface area contributed by atoms with Crippen molar-refractivity contribution in [3.05, 3.63) is 0 Å². The average Bonchev–Trinajstić information content (AvgIpc) is 1.64. The molecule has 0 spiro atoms. The molecule has 1 unspecified atom stereocenters. The Hall–Kier alpha value is 0.220. The molecule has 0 aromatic rings. The first-order valence-electron chi connectivity index (χ1n) is 2.11.